The molecule has 1 aromatic rings. The number of aliphatic hydroxyl groups is 2. The molecule has 1 aliphatic rings. The van der Waals surface area contributed by atoms with Gasteiger partial charge in [-0.2, -0.15) is 0 Å². The van der Waals surface area contributed by atoms with Gasteiger partial charge in [0.15, 0.2) is 0 Å². The van der Waals surface area contributed by atoms with Gasteiger partial charge in [-0.25, -0.2) is 0 Å². The van der Waals surface area contributed by atoms with Crippen molar-refractivity contribution >= 4 is 15.9 Å². The van der Waals surface area contributed by atoms with Crippen LogP contribution in [0.25, 0.3) is 0 Å². The van der Waals surface area contributed by atoms with Crippen LogP contribution in [0.2, 0.25) is 0 Å². The van der Waals surface area contributed by atoms with Crippen molar-refractivity contribution in [3.63, 3.8) is 0 Å². The van der Waals surface area contributed by atoms with Gasteiger partial charge >= 0.3 is 0 Å². The molecule has 2 rings (SSSR count). The summed E-state index contributed by atoms with van der Waals surface area (Å²) in [5.74, 6) is 0.728. The summed E-state index contributed by atoms with van der Waals surface area (Å²) in [6, 6.07) is 7.51. The third-order valence-corrected chi connectivity index (χ3v) is 3.60. The van der Waals surface area contributed by atoms with E-state index in [2.05, 4.69) is 21.2 Å². The van der Waals surface area contributed by atoms with Gasteiger partial charge in [-0.1, -0.05) is 22.0 Å². The third kappa shape index (κ3) is 3.95. The van der Waals surface area contributed by atoms with Crippen LogP contribution in [0, 0.1) is 0 Å². The van der Waals surface area contributed by atoms with E-state index in [1.54, 1.807) is 0 Å². The fourth-order valence-corrected chi connectivity index (χ4v) is 2.06. The van der Waals surface area contributed by atoms with Crippen molar-refractivity contribution in [3.8, 4) is 5.75 Å². The minimum atomic E-state index is -0.576. The van der Waals surface area contributed by atoms with Crippen molar-refractivity contribution in [3.05, 3.63) is 28.7 Å². The number of aliphatic hydroxyl groups excluding tert-OH is 2. The van der Waals surface area contributed by atoms with Crippen molar-refractivity contribution in [2.75, 3.05) is 19.8 Å². The van der Waals surface area contributed by atoms with Gasteiger partial charge in [0, 0.05) is 16.6 Å². The lowest BCUT2D eigenvalue weighted by molar-refractivity contribution is 0.0978. The van der Waals surface area contributed by atoms with Crippen LogP contribution in [0.5, 0.6) is 5.75 Å². The van der Waals surface area contributed by atoms with E-state index in [1.165, 1.54) is 0 Å². The predicted octanol–water partition coefficient (Wildman–Crippen LogP) is 1.30. The van der Waals surface area contributed by atoms with E-state index < -0.39 is 6.10 Å². The Kier molecular flexibility index (Phi) is 4.61. The van der Waals surface area contributed by atoms with Crippen molar-refractivity contribution in [2.24, 2.45) is 0 Å². The number of hydrogen-bond donors (Lipinski definition) is 3. The Labute approximate surface area is 115 Å². The Hall–Kier alpha value is -0.620. The van der Waals surface area contributed by atoms with Crippen LogP contribution in [-0.2, 0) is 0 Å². The van der Waals surface area contributed by atoms with Gasteiger partial charge in [0.1, 0.15) is 18.5 Å². The van der Waals surface area contributed by atoms with Gasteiger partial charge in [0.05, 0.1) is 6.61 Å². The molecule has 0 bridgehead atoms. The Balaban J connectivity index is 1.70. The average molecular weight is 316 g/mol. The number of β-amino-alcohol motifs (C(OH)–C–C–N with tert-alkyl or cyclic N) is 1. The zero-order valence-electron chi connectivity index (χ0n) is 10.1. The molecule has 1 unspecified atom stereocenters. The number of nitrogens with one attached hydrogen (secondary N) is 1. The largest absolute Gasteiger partial charge is 0.491 e. The highest BCUT2D eigenvalue weighted by molar-refractivity contribution is 9.10. The summed E-state index contributed by atoms with van der Waals surface area (Å²) in [5, 5.41) is 22.1. The molecule has 0 aromatic heterocycles. The fraction of sp³-hybridized carbons (Fsp3) is 0.538. The summed E-state index contributed by atoms with van der Waals surface area (Å²) in [6.45, 7) is 0.811. The molecule has 18 heavy (non-hydrogen) atoms. The molecular formula is C13H18BrNO3. The molecular weight excluding hydrogens is 298 g/mol. The molecule has 1 aliphatic carbocycles. The molecule has 0 aliphatic heterocycles. The van der Waals surface area contributed by atoms with E-state index in [1.807, 2.05) is 24.3 Å². The van der Waals surface area contributed by atoms with Gasteiger partial charge in [-0.15, -0.1) is 0 Å². The maximum Gasteiger partial charge on any atom is 0.120 e. The van der Waals surface area contributed by atoms with Gasteiger partial charge in [0.2, 0.25) is 0 Å². The highest BCUT2D eigenvalue weighted by atomic mass is 79.9. The second-order valence-corrected chi connectivity index (χ2v) is 5.66. The maximum absolute atomic E-state index is 9.79. The quantitative estimate of drug-likeness (QED) is 0.710. The summed E-state index contributed by atoms with van der Waals surface area (Å²) in [4.78, 5) is 0. The molecule has 0 amide bonds. The standard InChI is InChI=1S/C13H18BrNO3/c14-10-2-1-3-12(6-10)18-8-11(17)7-15-13(9-16)4-5-13/h1-3,6,11,15-17H,4-5,7-9H2. The Morgan fingerprint density at radius 1 is 1.44 bits per heavy atom. The van der Waals surface area contributed by atoms with Crippen molar-refractivity contribution in [2.45, 2.75) is 24.5 Å². The van der Waals surface area contributed by atoms with Gasteiger partial charge in [0.25, 0.3) is 0 Å². The summed E-state index contributed by atoms with van der Waals surface area (Å²) < 4.78 is 6.43. The molecule has 3 N–H and O–H groups in total. The fourth-order valence-electron chi connectivity index (χ4n) is 1.68. The first-order valence-corrected chi connectivity index (χ1v) is 6.85. The first-order chi connectivity index (χ1) is 8.63. The second kappa shape index (κ2) is 6.02. The summed E-state index contributed by atoms with van der Waals surface area (Å²) in [7, 11) is 0. The predicted molar refractivity (Wildman–Crippen MR) is 72.7 cm³/mol. The summed E-state index contributed by atoms with van der Waals surface area (Å²) in [5.41, 5.74) is -0.142. The molecule has 0 spiro atoms. The van der Waals surface area contributed by atoms with E-state index in [0.717, 1.165) is 23.1 Å². The van der Waals surface area contributed by atoms with Crippen LogP contribution < -0.4 is 10.1 Å². The lowest BCUT2D eigenvalue weighted by Crippen LogP contribution is -2.41. The van der Waals surface area contributed by atoms with E-state index in [0.29, 0.717) is 6.54 Å². The van der Waals surface area contributed by atoms with Crippen molar-refractivity contribution in [1.29, 1.82) is 0 Å². The highest BCUT2D eigenvalue weighted by Crippen LogP contribution is 2.34. The molecule has 0 heterocycles. The Morgan fingerprint density at radius 3 is 2.83 bits per heavy atom. The molecule has 0 radical (unpaired) electrons. The first-order valence-electron chi connectivity index (χ1n) is 6.06. The number of benzene rings is 1. The average Bonchev–Trinajstić information content (AvgIpc) is 3.15. The summed E-state index contributed by atoms with van der Waals surface area (Å²) >= 11 is 3.36. The number of halogens is 1. The highest BCUT2D eigenvalue weighted by Gasteiger charge is 2.41. The van der Waals surface area contributed by atoms with E-state index in [9.17, 15) is 5.11 Å². The zero-order chi connectivity index (χ0) is 13.0. The molecule has 0 saturated heterocycles. The second-order valence-electron chi connectivity index (χ2n) is 4.74. The smallest absolute Gasteiger partial charge is 0.120 e. The van der Waals surface area contributed by atoms with Crippen LogP contribution in [0.4, 0.5) is 0 Å². The molecule has 1 saturated carbocycles. The van der Waals surface area contributed by atoms with Crippen LogP contribution in [-0.4, -0.2) is 41.6 Å². The first kappa shape index (κ1) is 13.8. The van der Waals surface area contributed by atoms with E-state index in [4.69, 9.17) is 9.84 Å². The number of ether oxygens (including phenoxy) is 1. The van der Waals surface area contributed by atoms with Gasteiger partial charge < -0.3 is 20.3 Å². The van der Waals surface area contributed by atoms with Crippen LogP contribution in [0.1, 0.15) is 12.8 Å². The SMILES string of the molecule is OCC1(NCC(O)COc2cccc(Br)c2)CC1. The number of rotatable bonds is 7. The van der Waals surface area contributed by atoms with Gasteiger partial charge in [-0.3, -0.25) is 0 Å². The van der Waals surface area contributed by atoms with Gasteiger partial charge in [-0.05, 0) is 31.0 Å². The van der Waals surface area contributed by atoms with E-state index >= 15 is 0 Å². The minimum absolute atomic E-state index is 0.131. The topological polar surface area (TPSA) is 61.7 Å². The minimum Gasteiger partial charge on any atom is -0.491 e. The Bertz CT molecular complexity index is 396. The lowest BCUT2D eigenvalue weighted by Gasteiger charge is -2.18. The molecule has 1 aromatic carbocycles. The zero-order valence-corrected chi connectivity index (χ0v) is 11.7. The maximum atomic E-state index is 9.79. The molecule has 4 nitrogen and oxygen atoms in total. The third-order valence-electron chi connectivity index (χ3n) is 3.11. The van der Waals surface area contributed by atoms with Crippen LogP contribution >= 0.6 is 15.9 Å². The van der Waals surface area contributed by atoms with Crippen LogP contribution in [0.3, 0.4) is 0 Å². The molecule has 100 valence electrons. The monoisotopic (exact) mass is 315 g/mol. The van der Waals surface area contributed by atoms with Crippen molar-refractivity contribution < 1.29 is 14.9 Å². The van der Waals surface area contributed by atoms with Crippen LogP contribution in [0.15, 0.2) is 28.7 Å². The molecule has 5 heteroatoms. The lowest BCUT2D eigenvalue weighted by atomic mass is 10.2. The number of hydrogen-bond acceptors (Lipinski definition) is 4. The van der Waals surface area contributed by atoms with Crippen molar-refractivity contribution in [1.82, 2.24) is 5.32 Å². The molecule has 1 fully saturated rings. The normalized spacial score (nSPS) is 18.4. The van der Waals surface area contributed by atoms with E-state index in [-0.39, 0.29) is 18.8 Å². The summed E-state index contributed by atoms with van der Waals surface area (Å²) in [6.07, 6.45) is 1.37. The Morgan fingerprint density at radius 2 is 2.22 bits per heavy atom. The molecule has 1 atom stereocenters.